The van der Waals surface area contributed by atoms with E-state index < -0.39 is 0 Å². The molecule has 2 saturated heterocycles. The predicted molar refractivity (Wildman–Crippen MR) is 105 cm³/mol. The third kappa shape index (κ3) is 4.09. The van der Waals surface area contributed by atoms with Crippen LogP contribution in [-0.2, 0) is 4.79 Å². The van der Waals surface area contributed by atoms with Crippen LogP contribution >= 0.6 is 0 Å². The van der Waals surface area contributed by atoms with Gasteiger partial charge in [-0.15, -0.1) is 0 Å². The van der Waals surface area contributed by atoms with Crippen LogP contribution in [0.2, 0.25) is 0 Å². The zero-order chi connectivity index (χ0) is 18.7. The summed E-state index contributed by atoms with van der Waals surface area (Å²) in [6, 6.07) is 8.38. The van der Waals surface area contributed by atoms with Gasteiger partial charge in [-0.1, -0.05) is 6.92 Å². The third-order valence-corrected chi connectivity index (χ3v) is 5.77. The predicted octanol–water partition coefficient (Wildman–Crippen LogP) is 2.66. The quantitative estimate of drug-likeness (QED) is 0.760. The van der Waals surface area contributed by atoms with Crippen LogP contribution in [0.1, 0.15) is 44.0 Å². The van der Waals surface area contributed by atoms with Crippen molar-refractivity contribution in [2.24, 2.45) is 5.92 Å². The number of anilines is 1. The molecular weight excluding hydrogens is 326 g/mol. The topological polar surface area (TPSA) is 43.9 Å². The number of carbonyl (C=O) groups is 2. The molecule has 5 heteroatoms. The van der Waals surface area contributed by atoms with E-state index in [9.17, 15) is 9.59 Å². The minimum atomic E-state index is 0.0950. The Bertz CT molecular complexity index is 633. The van der Waals surface area contributed by atoms with E-state index >= 15 is 0 Å². The monoisotopic (exact) mass is 357 g/mol. The number of nitrogens with zero attached hydrogens (tertiary/aromatic N) is 3. The Morgan fingerprint density at radius 3 is 2.27 bits per heavy atom. The molecule has 26 heavy (non-hydrogen) atoms. The number of rotatable bonds is 5. The molecule has 2 aliphatic heterocycles. The van der Waals surface area contributed by atoms with Crippen LogP contribution in [-0.4, -0.2) is 66.8 Å². The first-order valence-electron chi connectivity index (χ1n) is 9.90. The molecule has 5 nitrogen and oxygen atoms in total. The van der Waals surface area contributed by atoms with Crippen LogP contribution in [0, 0.1) is 5.92 Å². The number of Topliss-reactive ketones (excluding diaryl/α,β-unsaturated/α-hetero) is 1. The molecule has 0 spiro atoms. The van der Waals surface area contributed by atoms with Gasteiger partial charge in [-0.25, -0.2) is 0 Å². The zero-order valence-corrected chi connectivity index (χ0v) is 16.3. The van der Waals surface area contributed by atoms with Gasteiger partial charge in [0.2, 0.25) is 5.91 Å². The summed E-state index contributed by atoms with van der Waals surface area (Å²) in [4.78, 5) is 31.4. The van der Waals surface area contributed by atoms with E-state index in [0.29, 0.717) is 18.4 Å². The van der Waals surface area contributed by atoms with Gasteiger partial charge in [-0.2, -0.15) is 0 Å². The first-order chi connectivity index (χ1) is 12.5. The minimum Gasteiger partial charge on any atom is -0.371 e. The summed E-state index contributed by atoms with van der Waals surface area (Å²) < 4.78 is 0. The van der Waals surface area contributed by atoms with Crippen molar-refractivity contribution in [3.8, 4) is 0 Å². The highest BCUT2D eigenvalue weighted by Crippen LogP contribution is 2.26. The van der Waals surface area contributed by atoms with Crippen LogP contribution in [0.3, 0.4) is 0 Å². The van der Waals surface area contributed by atoms with Crippen LogP contribution < -0.4 is 4.90 Å². The molecule has 0 saturated carbocycles. The van der Waals surface area contributed by atoms with Crippen LogP contribution in [0.4, 0.5) is 5.69 Å². The van der Waals surface area contributed by atoms with Crippen LogP contribution in [0.25, 0.3) is 0 Å². The minimum absolute atomic E-state index is 0.0950. The second kappa shape index (κ2) is 8.21. The van der Waals surface area contributed by atoms with Gasteiger partial charge < -0.3 is 9.80 Å². The first kappa shape index (κ1) is 18.9. The number of ketones is 1. The van der Waals surface area contributed by atoms with Crippen molar-refractivity contribution in [1.82, 2.24) is 9.80 Å². The Morgan fingerprint density at radius 1 is 1.04 bits per heavy atom. The van der Waals surface area contributed by atoms with Crippen LogP contribution in [0.15, 0.2) is 24.3 Å². The number of carbonyl (C=O) groups excluding carboxylic acids is 2. The molecule has 0 radical (unpaired) electrons. The molecule has 3 rings (SSSR count). The lowest BCUT2D eigenvalue weighted by atomic mass is 10.1. The summed E-state index contributed by atoms with van der Waals surface area (Å²) in [6.45, 7) is 11.7. The van der Waals surface area contributed by atoms with E-state index in [1.165, 1.54) is 0 Å². The van der Waals surface area contributed by atoms with Gasteiger partial charge in [-0.05, 0) is 44.5 Å². The Labute approximate surface area is 156 Å². The summed E-state index contributed by atoms with van der Waals surface area (Å²) in [7, 11) is 0. The highest BCUT2D eigenvalue weighted by Gasteiger charge is 2.33. The van der Waals surface area contributed by atoms with Gasteiger partial charge in [0.05, 0.1) is 5.92 Å². The molecule has 1 aromatic carbocycles. The maximum atomic E-state index is 12.9. The third-order valence-electron chi connectivity index (χ3n) is 5.77. The average molecular weight is 357 g/mol. The van der Waals surface area contributed by atoms with Crippen molar-refractivity contribution in [3.05, 3.63) is 29.8 Å². The Balaban J connectivity index is 1.55. The van der Waals surface area contributed by atoms with Gasteiger partial charge in [0.1, 0.15) is 0 Å². The maximum Gasteiger partial charge on any atom is 0.227 e. The molecular formula is C21H31N3O2. The van der Waals surface area contributed by atoms with Crippen molar-refractivity contribution in [2.75, 3.05) is 44.2 Å². The lowest BCUT2D eigenvalue weighted by Gasteiger charge is -2.37. The Kier molecular flexibility index (Phi) is 5.97. The van der Waals surface area contributed by atoms with Gasteiger partial charge in [0.15, 0.2) is 5.78 Å². The molecule has 142 valence electrons. The highest BCUT2D eigenvalue weighted by molar-refractivity contribution is 5.96. The number of piperazine rings is 1. The summed E-state index contributed by atoms with van der Waals surface area (Å²) in [5.41, 5.74) is 1.88. The molecule has 1 amide bonds. The fourth-order valence-electron chi connectivity index (χ4n) is 3.98. The van der Waals surface area contributed by atoms with Crippen molar-refractivity contribution in [2.45, 2.75) is 39.7 Å². The summed E-state index contributed by atoms with van der Waals surface area (Å²) in [6.07, 6.45) is 1.45. The second-order valence-corrected chi connectivity index (χ2v) is 7.71. The van der Waals surface area contributed by atoms with Gasteiger partial charge in [0, 0.05) is 63.0 Å². The van der Waals surface area contributed by atoms with E-state index in [2.05, 4.69) is 28.5 Å². The fraction of sp³-hybridized carbons (Fsp3) is 0.619. The summed E-state index contributed by atoms with van der Waals surface area (Å²) in [5.74, 6) is 0.581. The molecule has 1 unspecified atom stereocenters. The average Bonchev–Trinajstić information content (AvgIpc) is 3.17. The van der Waals surface area contributed by atoms with E-state index in [1.807, 2.05) is 31.2 Å². The van der Waals surface area contributed by atoms with Gasteiger partial charge in [0.25, 0.3) is 0 Å². The van der Waals surface area contributed by atoms with E-state index in [-0.39, 0.29) is 11.7 Å². The molecule has 2 heterocycles. The largest absolute Gasteiger partial charge is 0.371 e. The van der Waals surface area contributed by atoms with Crippen molar-refractivity contribution >= 4 is 17.4 Å². The Morgan fingerprint density at radius 2 is 1.69 bits per heavy atom. The van der Waals surface area contributed by atoms with Crippen molar-refractivity contribution in [1.29, 1.82) is 0 Å². The van der Waals surface area contributed by atoms with E-state index in [4.69, 9.17) is 0 Å². The maximum absolute atomic E-state index is 12.9. The first-order valence-corrected chi connectivity index (χ1v) is 9.90. The van der Waals surface area contributed by atoms with E-state index in [1.54, 1.807) is 0 Å². The van der Waals surface area contributed by atoms with Crippen molar-refractivity contribution < 1.29 is 9.59 Å². The number of hydrogen-bond donors (Lipinski definition) is 0. The Hall–Kier alpha value is -1.88. The normalized spacial score (nSPS) is 21.5. The molecule has 0 aromatic heterocycles. The molecule has 2 fully saturated rings. The number of hydrogen-bond acceptors (Lipinski definition) is 4. The SMILES string of the molecule is CCC(=O)c1ccc(N2CCC(C(=O)N3CCN(C(C)C)CC3)C2)cc1. The molecule has 2 aliphatic rings. The van der Waals surface area contributed by atoms with Crippen LogP contribution in [0.5, 0.6) is 0 Å². The molecule has 0 bridgehead atoms. The summed E-state index contributed by atoms with van der Waals surface area (Å²) in [5, 5.41) is 0. The number of amides is 1. The zero-order valence-electron chi connectivity index (χ0n) is 16.3. The summed E-state index contributed by atoms with van der Waals surface area (Å²) >= 11 is 0. The molecule has 1 aromatic rings. The molecule has 0 aliphatic carbocycles. The fourth-order valence-corrected chi connectivity index (χ4v) is 3.98. The lowest BCUT2D eigenvalue weighted by Crippen LogP contribution is -2.52. The molecule has 1 atom stereocenters. The number of benzene rings is 1. The van der Waals surface area contributed by atoms with Gasteiger partial charge in [-0.3, -0.25) is 14.5 Å². The smallest absolute Gasteiger partial charge is 0.227 e. The van der Waals surface area contributed by atoms with Gasteiger partial charge >= 0.3 is 0 Å². The highest BCUT2D eigenvalue weighted by atomic mass is 16.2. The van der Waals surface area contributed by atoms with Crippen molar-refractivity contribution in [3.63, 3.8) is 0 Å². The molecule has 0 N–H and O–H groups in total. The standard InChI is InChI=1S/C21H31N3O2/c1-4-20(25)17-5-7-19(8-6-17)24-10-9-18(15-24)21(26)23-13-11-22(12-14-23)16(2)3/h5-8,16,18H,4,9-15H2,1-3H3. The van der Waals surface area contributed by atoms with E-state index in [0.717, 1.165) is 56.9 Å². The second-order valence-electron chi connectivity index (χ2n) is 7.71. The lowest BCUT2D eigenvalue weighted by molar-refractivity contribution is -0.136.